The molecule has 0 aliphatic carbocycles. The molecule has 2 aliphatic heterocycles. The van der Waals surface area contributed by atoms with Gasteiger partial charge in [-0.1, -0.05) is 12.1 Å². The van der Waals surface area contributed by atoms with Gasteiger partial charge in [0.2, 0.25) is 0 Å². The van der Waals surface area contributed by atoms with Crippen LogP contribution < -0.4 is 5.32 Å². The van der Waals surface area contributed by atoms with Gasteiger partial charge in [0.25, 0.3) is 5.91 Å². The Hall–Kier alpha value is -3.87. The van der Waals surface area contributed by atoms with Crippen molar-refractivity contribution in [2.75, 3.05) is 26.2 Å². The molecule has 1 atom stereocenters. The van der Waals surface area contributed by atoms with Gasteiger partial charge in [0.05, 0.1) is 34.7 Å². The number of nitrogens with one attached hydrogen (secondary N) is 1. The largest absolute Gasteiger partial charge is 0.416 e. The first-order valence-corrected chi connectivity index (χ1v) is 13.0. The van der Waals surface area contributed by atoms with Crippen LogP contribution in [0.1, 0.15) is 27.9 Å². The van der Waals surface area contributed by atoms with E-state index in [2.05, 4.69) is 15.4 Å². The number of amides is 1. The summed E-state index contributed by atoms with van der Waals surface area (Å²) in [4.78, 5) is 18.9. The van der Waals surface area contributed by atoms with Gasteiger partial charge in [-0.05, 0) is 53.2 Å². The molecule has 8 nitrogen and oxygen atoms in total. The summed E-state index contributed by atoms with van der Waals surface area (Å²) < 4.78 is 81.3. The topological polar surface area (TPSA) is 107 Å². The standard InChI is InChI=1S/C26H20F6N6O2S/c27-25(28,29)16-3-2-15(19(9-16)26(30,31)32)11-38-21-4-1-14(7-18(21)20(10-33)36-38)8-22-23(40)35-24(41-22)37-6-5-34-17(12-37)13-39/h1-4,7-9,17,34,39H,5-6,11-13H2/t17-/m0/s1. The minimum absolute atomic E-state index is 0.0591. The van der Waals surface area contributed by atoms with E-state index >= 15 is 0 Å². The summed E-state index contributed by atoms with van der Waals surface area (Å²) in [6.45, 7) is 1.11. The molecule has 2 aromatic carbocycles. The smallest absolute Gasteiger partial charge is 0.395 e. The number of carbonyl (C=O) groups is 1. The number of alkyl halides is 6. The lowest BCUT2D eigenvalue weighted by Gasteiger charge is -2.33. The molecule has 2 N–H and O–H groups in total. The van der Waals surface area contributed by atoms with Crippen LogP contribution in [0.4, 0.5) is 26.3 Å². The third kappa shape index (κ3) is 5.95. The van der Waals surface area contributed by atoms with E-state index in [1.54, 1.807) is 18.2 Å². The van der Waals surface area contributed by atoms with Crippen molar-refractivity contribution in [2.24, 2.45) is 4.99 Å². The number of benzene rings is 2. The average molecular weight is 595 g/mol. The van der Waals surface area contributed by atoms with Crippen molar-refractivity contribution >= 4 is 39.8 Å². The Bertz CT molecular complexity index is 1620. The number of aromatic nitrogens is 2. The monoisotopic (exact) mass is 594 g/mol. The minimum Gasteiger partial charge on any atom is -0.395 e. The number of carbonyl (C=O) groups excluding carboxylic acids is 1. The average Bonchev–Trinajstić information content (AvgIpc) is 3.47. The Kier molecular flexibility index (Phi) is 7.58. The van der Waals surface area contributed by atoms with Crippen molar-refractivity contribution in [3.8, 4) is 6.07 Å². The normalized spacial score (nSPS) is 19.2. The zero-order valence-corrected chi connectivity index (χ0v) is 21.7. The van der Waals surface area contributed by atoms with Crippen molar-refractivity contribution in [1.82, 2.24) is 20.0 Å². The molecule has 1 fully saturated rings. The highest BCUT2D eigenvalue weighted by molar-refractivity contribution is 8.18. The number of piperazine rings is 1. The summed E-state index contributed by atoms with van der Waals surface area (Å²) in [7, 11) is 0. The first kappa shape index (κ1) is 28.7. The number of halogens is 6. The van der Waals surface area contributed by atoms with E-state index in [9.17, 15) is 41.5 Å². The molecule has 1 amide bonds. The van der Waals surface area contributed by atoms with Gasteiger partial charge >= 0.3 is 12.4 Å². The predicted octanol–water partition coefficient (Wildman–Crippen LogP) is 4.23. The van der Waals surface area contributed by atoms with E-state index < -0.39 is 41.5 Å². The van der Waals surface area contributed by atoms with Crippen LogP contribution in [0.15, 0.2) is 46.3 Å². The van der Waals surface area contributed by atoms with Crippen molar-refractivity contribution in [3.63, 3.8) is 0 Å². The molecule has 3 aromatic rings. The lowest BCUT2D eigenvalue weighted by Crippen LogP contribution is -2.53. The number of aliphatic imine (C=N–C) groups is 1. The predicted molar refractivity (Wildman–Crippen MR) is 138 cm³/mol. The SMILES string of the molecule is N#Cc1nn(Cc2ccc(C(F)(F)F)cc2C(F)(F)F)c2ccc(C=C3SC(N4CCN[C@H](CO)C4)=NC3=O)cc12. The van der Waals surface area contributed by atoms with Crippen molar-refractivity contribution in [3.05, 3.63) is 69.3 Å². The lowest BCUT2D eigenvalue weighted by molar-refractivity contribution is -0.143. The molecule has 0 bridgehead atoms. The van der Waals surface area contributed by atoms with Crippen LogP contribution in [0.2, 0.25) is 0 Å². The highest BCUT2D eigenvalue weighted by Gasteiger charge is 2.38. The second-order valence-electron chi connectivity index (χ2n) is 9.35. The van der Waals surface area contributed by atoms with Crippen LogP contribution >= 0.6 is 11.8 Å². The van der Waals surface area contributed by atoms with E-state index in [1.165, 1.54) is 17.8 Å². The Morgan fingerprint density at radius 1 is 1.15 bits per heavy atom. The summed E-state index contributed by atoms with van der Waals surface area (Å²) in [6, 6.07) is 7.79. The molecule has 2 aliphatic rings. The number of fused-ring (bicyclic) bond motifs is 1. The maximum absolute atomic E-state index is 13.7. The van der Waals surface area contributed by atoms with Gasteiger partial charge in [-0.2, -0.15) is 41.7 Å². The van der Waals surface area contributed by atoms with Crippen LogP contribution in [0.25, 0.3) is 17.0 Å². The third-order valence-electron chi connectivity index (χ3n) is 6.60. The zero-order valence-electron chi connectivity index (χ0n) is 20.9. The maximum Gasteiger partial charge on any atom is 0.416 e. The summed E-state index contributed by atoms with van der Waals surface area (Å²) in [6.07, 6.45) is -8.43. The van der Waals surface area contributed by atoms with Gasteiger partial charge < -0.3 is 15.3 Å². The fourth-order valence-corrected chi connectivity index (χ4v) is 5.56. The van der Waals surface area contributed by atoms with Gasteiger partial charge in [-0.25, -0.2) is 0 Å². The molecule has 41 heavy (non-hydrogen) atoms. The molecule has 214 valence electrons. The fourth-order valence-electron chi connectivity index (χ4n) is 4.61. The Morgan fingerprint density at radius 2 is 1.93 bits per heavy atom. The maximum atomic E-state index is 13.7. The van der Waals surface area contributed by atoms with Gasteiger partial charge in [0, 0.05) is 31.1 Å². The number of amidine groups is 1. The molecule has 3 heterocycles. The van der Waals surface area contributed by atoms with E-state index in [0.29, 0.717) is 46.7 Å². The van der Waals surface area contributed by atoms with Crippen LogP contribution in [0.5, 0.6) is 0 Å². The van der Waals surface area contributed by atoms with Crippen molar-refractivity contribution in [2.45, 2.75) is 24.9 Å². The molecule has 1 saturated heterocycles. The first-order chi connectivity index (χ1) is 19.4. The number of rotatable bonds is 4. The van der Waals surface area contributed by atoms with Crippen LogP contribution in [0, 0.1) is 11.3 Å². The number of thioether (sulfide) groups is 1. The lowest BCUT2D eigenvalue weighted by atomic mass is 10.0. The van der Waals surface area contributed by atoms with Gasteiger partial charge in [-0.15, -0.1) is 0 Å². The number of hydrogen-bond acceptors (Lipinski definition) is 7. The Balaban J connectivity index is 1.43. The van der Waals surface area contributed by atoms with E-state index in [1.807, 2.05) is 11.0 Å². The molecule has 0 spiro atoms. The summed E-state index contributed by atoms with van der Waals surface area (Å²) in [5.41, 5.74) is -2.61. The van der Waals surface area contributed by atoms with Gasteiger partial charge in [-0.3, -0.25) is 9.48 Å². The molecular formula is C26H20F6N6O2S. The van der Waals surface area contributed by atoms with Gasteiger partial charge in [0.15, 0.2) is 10.9 Å². The molecule has 5 rings (SSSR count). The zero-order chi connectivity index (χ0) is 29.5. The summed E-state index contributed by atoms with van der Waals surface area (Å²) in [5, 5.41) is 27.1. The number of aliphatic hydroxyl groups excluding tert-OH is 1. The van der Waals surface area contributed by atoms with Crippen LogP contribution in [0.3, 0.4) is 0 Å². The highest BCUT2D eigenvalue weighted by atomic mass is 32.2. The third-order valence-corrected chi connectivity index (χ3v) is 7.64. The Morgan fingerprint density at radius 3 is 2.61 bits per heavy atom. The van der Waals surface area contributed by atoms with Crippen molar-refractivity contribution in [1.29, 1.82) is 5.26 Å². The molecule has 0 saturated carbocycles. The van der Waals surface area contributed by atoms with Crippen LogP contribution in [-0.2, 0) is 23.7 Å². The van der Waals surface area contributed by atoms with Gasteiger partial charge in [0.1, 0.15) is 6.07 Å². The summed E-state index contributed by atoms with van der Waals surface area (Å²) >= 11 is 1.17. The van der Waals surface area contributed by atoms with Crippen molar-refractivity contribution < 1.29 is 36.2 Å². The molecule has 15 heteroatoms. The number of nitriles is 1. The first-order valence-electron chi connectivity index (χ1n) is 12.2. The van der Waals surface area contributed by atoms with E-state index in [0.717, 1.165) is 10.7 Å². The Labute approximate surface area is 232 Å². The molecule has 1 aromatic heterocycles. The number of aliphatic hydroxyl groups is 1. The highest BCUT2D eigenvalue weighted by Crippen LogP contribution is 2.38. The quantitative estimate of drug-likeness (QED) is 0.344. The fraction of sp³-hybridized carbons (Fsp3) is 0.308. The van der Waals surface area contributed by atoms with Crippen LogP contribution in [-0.4, -0.2) is 63.1 Å². The summed E-state index contributed by atoms with van der Waals surface area (Å²) in [5.74, 6) is -0.456. The molecule has 0 radical (unpaired) electrons. The minimum atomic E-state index is -5.05. The van der Waals surface area contributed by atoms with E-state index in [4.69, 9.17) is 0 Å². The van der Waals surface area contributed by atoms with E-state index in [-0.39, 0.29) is 29.9 Å². The molecule has 0 unspecified atom stereocenters. The molecular weight excluding hydrogens is 574 g/mol. The second-order valence-corrected chi connectivity index (χ2v) is 10.4. The number of hydrogen-bond donors (Lipinski definition) is 2. The number of nitrogens with zero attached hydrogens (tertiary/aromatic N) is 5. The second kappa shape index (κ2) is 10.8.